The summed E-state index contributed by atoms with van der Waals surface area (Å²) < 4.78 is 0. The van der Waals surface area contributed by atoms with Gasteiger partial charge in [0.1, 0.15) is 0 Å². The second-order valence-corrected chi connectivity index (χ2v) is 7.97. The fraction of sp³-hybridized carbons (Fsp3) is 0.0909. The fourth-order valence-electron chi connectivity index (χ4n) is 2.14. The summed E-state index contributed by atoms with van der Waals surface area (Å²) in [5.74, 6) is 12.9. The first-order chi connectivity index (χ1) is 12.3. The summed E-state index contributed by atoms with van der Waals surface area (Å²) in [5, 5.41) is 0. The van der Waals surface area contributed by atoms with Crippen molar-refractivity contribution < 1.29 is 0 Å². The van der Waals surface area contributed by atoms with Gasteiger partial charge in [0.25, 0.3) is 0 Å². The van der Waals surface area contributed by atoms with Crippen LogP contribution in [-0.4, -0.2) is 12.5 Å². The molecule has 3 rings (SSSR count). The minimum Gasteiger partial charge on any atom is -0.130 e. The average Bonchev–Trinajstić information content (AvgIpc) is 3.13. The molecule has 0 saturated heterocycles. The Balaban J connectivity index is 1.75. The fourth-order valence-corrected chi connectivity index (χ4v) is 3.77. The first-order valence-corrected chi connectivity index (χ1v) is 11.0. The van der Waals surface area contributed by atoms with Crippen molar-refractivity contribution in [1.29, 1.82) is 0 Å². The predicted molar refractivity (Wildman–Crippen MR) is 113 cm³/mol. The van der Waals surface area contributed by atoms with Crippen LogP contribution in [0.1, 0.15) is 20.9 Å². The molecular formula is C22H16S3. The smallest absolute Gasteiger partial charge is 0.0785 e. The van der Waals surface area contributed by atoms with E-state index in [4.69, 9.17) is 0 Å². The molecule has 0 N–H and O–H groups in total. The van der Waals surface area contributed by atoms with Crippen LogP contribution in [0.5, 0.6) is 0 Å². The Bertz CT molecular complexity index is 911. The number of thiophene rings is 1. The molecule has 25 heavy (non-hydrogen) atoms. The van der Waals surface area contributed by atoms with E-state index in [0.717, 1.165) is 20.9 Å². The van der Waals surface area contributed by atoms with Gasteiger partial charge in [-0.05, 0) is 61.0 Å². The Labute approximate surface area is 162 Å². The number of benzene rings is 2. The molecule has 3 aromatic rings. The third kappa shape index (κ3) is 5.21. The van der Waals surface area contributed by atoms with Crippen LogP contribution in [0.3, 0.4) is 0 Å². The van der Waals surface area contributed by atoms with E-state index in [0.29, 0.717) is 0 Å². The lowest BCUT2D eigenvalue weighted by molar-refractivity contribution is 1.44. The highest BCUT2D eigenvalue weighted by atomic mass is 32.2. The highest BCUT2D eigenvalue weighted by Crippen LogP contribution is 2.18. The molecule has 0 amide bonds. The standard InChI is InChI=1S/C22H16S3/c1-23-21-7-3-5-17(15-21)9-11-19-13-14-20(25-19)12-10-18-6-4-8-22(16-18)24-2/h3-8,13-16H,1-2H3. The van der Waals surface area contributed by atoms with Gasteiger partial charge >= 0.3 is 0 Å². The average molecular weight is 377 g/mol. The van der Waals surface area contributed by atoms with Crippen LogP contribution in [0.4, 0.5) is 0 Å². The maximum Gasteiger partial charge on any atom is 0.0785 e. The number of rotatable bonds is 2. The molecule has 0 fully saturated rings. The van der Waals surface area contributed by atoms with Gasteiger partial charge in [0.05, 0.1) is 9.75 Å². The molecular weight excluding hydrogens is 360 g/mol. The predicted octanol–water partition coefficient (Wildman–Crippen LogP) is 5.99. The molecule has 0 nitrogen and oxygen atoms in total. The molecule has 0 aliphatic rings. The van der Waals surface area contributed by atoms with E-state index in [1.807, 2.05) is 36.4 Å². The maximum absolute atomic E-state index is 3.24. The van der Waals surface area contributed by atoms with Crippen molar-refractivity contribution in [1.82, 2.24) is 0 Å². The van der Waals surface area contributed by atoms with Crippen LogP contribution in [0.25, 0.3) is 0 Å². The summed E-state index contributed by atoms with van der Waals surface area (Å²) in [6.07, 6.45) is 4.15. The quantitative estimate of drug-likeness (QED) is 0.398. The molecule has 122 valence electrons. The van der Waals surface area contributed by atoms with Crippen molar-refractivity contribution in [3.8, 4) is 23.7 Å². The topological polar surface area (TPSA) is 0 Å². The Morgan fingerprint density at radius 2 is 1.12 bits per heavy atom. The van der Waals surface area contributed by atoms with Crippen LogP contribution in [0, 0.1) is 23.7 Å². The zero-order valence-corrected chi connectivity index (χ0v) is 16.4. The molecule has 2 aromatic carbocycles. The summed E-state index contributed by atoms with van der Waals surface area (Å²) in [6, 6.07) is 20.7. The van der Waals surface area contributed by atoms with Gasteiger partial charge in [0, 0.05) is 20.9 Å². The summed E-state index contributed by atoms with van der Waals surface area (Å²) in [7, 11) is 0. The zero-order valence-electron chi connectivity index (χ0n) is 14.0. The molecule has 1 heterocycles. The first kappa shape index (κ1) is 17.8. The van der Waals surface area contributed by atoms with E-state index < -0.39 is 0 Å². The molecule has 0 aliphatic carbocycles. The van der Waals surface area contributed by atoms with Gasteiger partial charge in [-0.25, -0.2) is 0 Å². The Morgan fingerprint density at radius 1 is 0.640 bits per heavy atom. The van der Waals surface area contributed by atoms with Crippen molar-refractivity contribution in [2.75, 3.05) is 12.5 Å². The molecule has 1 aromatic heterocycles. The van der Waals surface area contributed by atoms with Gasteiger partial charge < -0.3 is 0 Å². The van der Waals surface area contributed by atoms with E-state index in [1.54, 1.807) is 34.9 Å². The summed E-state index contributed by atoms with van der Waals surface area (Å²) >= 11 is 5.10. The molecule has 0 atom stereocenters. The molecule has 0 spiro atoms. The normalized spacial score (nSPS) is 9.68. The molecule has 0 bridgehead atoms. The lowest BCUT2D eigenvalue weighted by Crippen LogP contribution is -1.75. The van der Waals surface area contributed by atoms with Crippen LogP contribution >= 0.6 is 34.9 Å². The van der Waals surface area contributed by atoms with Crippen LogP contribution in [-0.2, 0) is 0 Å². The lowest BCUT2D eigenvalue weighted by atomic mass is 10.2. The van der Waals surface area contributed by atoms with Crippen molar-refractivity contribution in [3.63, 3.8) is 0 Å². The minimum atomic E-state index is 1.04. The highest BCUT2D eigenvalue weighted by Gasteiger charge is 1.96. The summed E-state index contributed by atoms with van der Waals surface area (Å²) in [4.78, 5) is 4.54. The van der Waals surface area contributed by atoms with E-state index in [2.05, 4.69) is 60.5 Å². The van der Waals surface area contributed by atoms with Gasteiger partial charge in [0.15, 0.2) is 0 Å². The van der Waals surface area contributed by atoms with Gasteiger partial charge in [-0.1, -0.05) is 35.8 Å². The Morgan fingerprint density at radius 3 is 1.56 bits per heavy atom. The third-order valence-corrected chi connectivity index (χ3v) is 5.77. The second-order valence-electron chi connectivity index (χ2n) is 5.13. The Hall–Kier alpha value is -2.04. The third-order valence-electron chi connectivity index (χ3n) is 3.41. The van der Waals surface area contributed by atoms with E-state index in [9.17, 15) is 0 Å². The first-order valence-electron chi connectivity index (χ1n) is 7.69. The number of thioether (sulfide) groups is 2. The molecule has 0 aliphatic heterocycles. The van der Waals surface area contributed by atoms with E-state index in [-0.39, 0.29) is 0 Å². The van der Waals surface area contributed by atoms with Gasteiger partial charge in [-0.3, -0.25) is 0 Å². The molecule has 0 radical (unpaired) electrons. The summed E-state index contributed by atoms with van der Waals surface area (Å²) in [6.45, 7) is 0. The number of hydrogen-bond acceptors (Lipinski definition) is 3. The van der Waals surface area contributed by atoms with Gasteiger partial charge in [-0.15, -0.1) is 34.9 Å². The van der Waals surface area contributed by atoms with Crippen LogP contribution < -0.4 is 0 Å². The van der Waals surface area contributed by atoms with Crippen LogP contribution in [0.15, 0.2) is 70.5 Å². The maximum atomic E-state index is 3.24. The minimum absolute atomic E-state index is 1.04. The Kier molecular flexibility index (Phi) is 6.31. The zero-order chi connectivity index (χ0) is 17.5. The lowest BCUT2D eigenvalue weighted by Gasteiger charge is -1.95. The number of hydrogen-bond donors (Lipinski definition) is 0. The second kappa shape index (κ2) is 8.88. The highest BCUT2D eigenvalue weighted by molar-refractivity contribution is 7.98. The monoisotopic (exact) mass is 376 g/mol. The van der Waals surface area contributed by atoms with Crippen molar-refractivity contribution in [2.24, 2.45) is 0 Å². The molecule has 0 unspecified atom stereocenters. The molecule has 0 saturated carbocycles. The van der Waals surface area contributed by atoms with E-state index >= 15 is 0 Å². The SMILES string of the molecule is CSc1cccc(C#Cc2ccc(C#Cc3cccc(SC)c3)s2)c1. The summed E-state index contributed by atoms with van der Waals surface area (Å²) in [5.41, 5.74) is 2.09. The van der Waals surface area contributed by atoms with Gasteiger partial charge in [0.2, 0.25) is 0 Å². The van der Waals surface area contributed by atoms with E-state index in [1.165, 1.54) is 9.79 Å². The largest absolute Gasteiger partial charge is 0.130 e. The van der Waals surface area contributed by atoms with Crippen molar-refractivity contribution in [3.05, 3.63) is 81.5 Å². The van der Waals surface area contributed by atoms with Gasteiger partial charge in [-0.2, -0.15) is 0 Å². The molecule has 3 heteroatoms. The van der Waals surface area contributed by atoms with Crippen molar-refractivity contribution >= 4 is 34.9 Å². The van der Waals surface area contributed by atoms with Crippen molar-refractivity contribution in [2.45, 2.75) is 9.79 Å². The van der Waals surface area contributed by atoms with Crippen LogP contribution in [0.2, 0.25) is 0 Å².